The maximum absolute atomic E-state index is 11.8. The molecule has 6 heteroatoms. The van der Waals surface area contributed by atoms with Crippen LogP contribution in [0.5, 0.6) is 0 Å². The van der Waals surface area contributed by atoms with Gasteiger partial charge in [-0.2, -0.15) is 0 Å². The Morgan fingerprint density at radius 3 is 2.28 bits per heavy atom. The number of carbonyl (C=O) groups is 3. The molecule has 0 fully saturated rings. The maximum Gasteiger partial charge on any atom is 0.251 e. The second-order valence-electron chi connectivity index (χ2n) is 3.88. The second-order valence-corrected chi connectivity index (χ2v) is 4.32. The lowest BCUT2D eigenvalue weighted by Gasteiger charge is -2.10. The topological polar surface area (TPSA) is 89.3 Å². The van der Waals surface area contributed by atoms with Gasteiger partial charge < -0.3 is 11.1 Å². The summed E-state index contributed by atoms with van der Waals surface area (Å²) in [5, 5.41) is 2.68. The summed E-state index contributed by atoms with van der Waals surface area (Å²) in [5.74, 6) is -1.35. The van der Waals surface area contributed by atoms with Crippen LogP contribution in [-0.4, -0.2) is 23.6 Å². The quantitative estimate of drug-likeness (QED) is 0.803. The van der Waals surface area contributed by atoms with Gasteiger partial charge in [-0.05, 0) is 32.0 Å². The average molecular weight is 269 g/mol. The summed E-state index contributed by atoms with van der Waals surface area (Å²) in [7, 11) is 0. The first-order chi connectivity index (χ1) is 8.31. The van der Waals surface area contributed by atoms with E-state index >= 15 is 0 Å². The molecule has 1 aromatic carbocycles. The van der Waals surface area contributed by atoms with Gasteiger partial charge in [-0.15, -0.1) is 0 Å². The molecule has 0 saturated heterocycles. The van der Waals surface area contributed by atoms with Crippen molar-refractivity contribution >= 4 is 29.2 Å². The molecular weight excluding hydrogens is 256 g/mol. The molecule has 1 unspecified atom stereocenters. The van der Waals surface area contributed by atoms with Crippen molar-refractivity contribution in [1.82, 2.24) is 5.32 Å². The number of hydrogen-bond donors (Lipinski definition) is 2. The van der Waals surface area contributed by atoms with Crippen LogP contribution in [0.2, 0.25) is 5.02 Å². The number of primary amides is 1. The highest BCUT2D eigenvalue weighted by molar-refractivity contribution is 6.31. The standard InChI is InChI=1S/C12H13ClN2O3/c1-6(11(14)17)15-12(18)9-3-8(7(2)16)4-10(13)5-9/h3-6H,1-2H3,(H2,14,17)(H,15,18). The zero-order valence-corrected chi connectivity index (χ0v) is 10.7. The van der Waals surface area contributed by atoms with Crippen molar-refractivity contribution in [1.29, 1.82) is 0 Å². The lowest BCUT2D eigenvalue weighted by atomic mass is 10.1. The van der Waals surface area contributed by atoms with E-state index in [0.717, 1.165) is 0 Å². The van der Waals surface area contributed by atoms with Gasteiger partial charge in [0.1, 0.15) is 6.04 Å². The van der Waals surface area contributed by atoms with E-state index in [1.54, 1.807) is 0 Å². The van der Waals surface area contributed by atoms with Crippen LogP contribution in [-0.2, 0) is 4.79 Å². The molecule has 3 N–H and O–H groups in total. The van der Waals surface area contributed by atoms with Gasteiger partial charge in [0.15, 0.2) is 5.78 Å². The first-order valence-corrected chi connectivity index (χ1v) is 5.60. The van der Waals surface area contributed by atoms with Gasteiger partial charge in [0.2, 0.25) is 5.91 Å². The van der Waals surface area contributed by atoms with Crippen LogP contribution in [0.1, 0.15) is 34.6 Å². The smallest absolute Gasteiger partial charge is 0.251 e. The maximum atomic E-state index is 11.8. The van der Waals surface area contributed by atoms with Crippen molar-refractivity contribution in [2.45, 2.75) is 19.9 Å². The molecule has 0 aliphatic rings. The van der Waals surface area contributed by atoms with Gasteiger partial charge in [0.25, 0.3) is 5.91 Å². The number of benzene rings is 1. The normalized spacial score (nSPS) is 11.7. The lowest BCUT2D eigenvalue weighted by Crippen LogP contribution is -2.42. The number of nitrogens with two attached hydrogens (primary N) is 1. The molecule has 5 nitrogen and oxygen atoms in total. The minimum absolute atomic E-state index is 0.200. The Kier molecular flexibility index (Phi) is 4.44. The van der Waals surface area contributed by atoms with Crippen molar-refractivity contribution in [3.63, 3.8) is 0 Å². The molecule has 1 rings (SSSR count). The number of rotatable bonds is 4. The summed E-state index contributed by atoms with van der Waals surface area (Å²) in [6, 6.07) is 3.50. The fourth-order valence-electron chi connectivity index (χ4n) is 1.28. The van der Waals surface area contributed by atoms with Gasteiger partial charge in [0, 0.05) is 16.1 Å². The predicted octanol–water partition coefficient (Wildman–Crippen LogP) is 1.15. The van der Waals surface area contributed by atoms with Crippen LogP contribution < -0.4 is 11.1 Å². The fourth-order valence-corrected chi connectivity index (χ4v) is 1.51. The Morgan fingerprint density at radius 1 is 1.22 bits per heavy atom. The van der Waals surface area contributed by atoms with Gasteiger partial charge in [-0.1, -0.05) is 11.6 Å². The highest BCUT2D eigenvalue weighted by Crippen LogP contribution is 2.15. The summed E-state index contributed by atoms with van der Waals surface area (Å²) in [5.41, 5.74) is 5.58. The first-order valence-electron chi connectivity index (χ1n) is 5.23. The van der Waals surface area contributed by atoms with Gasteiger partial charge >= 0.3 is 0 Å². The highest BCUT2D eigenvalue weighted by atomic mass is 35.5. The van der Waals surface area contributed by atoms with E-state index in [9.17, 15) is 14.4 Å². The number of Topliss-reactive ketones (excluding diaryl/α,β-unsaturated/α-hetero) is 1. The number of hydrogen-bond acceptors (Lipinski definition) is 3. The third kappa shape index (κ3) is 3.56. The number of nitrogens with one attached hydrogen (secondary N) is 1. The van der Waals surface area contributed by atoms with E-state index < -0.39 is 17.9 Å². The van der Waals surface area contributed by atoms with Crippen molar-refractivity contribution < 1.29 is 14.4 Å². The third-order valence-electron chi connectivity index (χ3n) is 2.34. The Labute approximate surface area is 109 Å². The van der Waals surface area contributed by atoms with Crippen LogP contribution in [0.15, 0.2) is 18.2 Å². The molecule has 0 saturated carbocycles. The summed E-state index contributed by atoms with van der Waals surface area (Å²) < 4.78 is 0. The van der Waals surface area contributed by atoms with Crippen LogP contribution in [0.3, 0.4) is 0 Å². The van der Waals surface area contributed by atoms with E-state index in [2.05, 4.69) is 5.32 Å². The molecule has 0 spiro atoms. The van der Waals surface area contributed by atoms with Crippen LogP contribution in [0, 0.1) is 0 Å². The first kappa shape index (κ1) is 14.2. The summed E-state index contributed by atoms with van der Waals surface area (Å²) in [6.45, 7) is 2.84. The van der Waals surface area contributed by atoms with Gasteiger partial charge in [0.05, 0.1) is 0 Å². The molecule has 0 radical (unpaired) electrons. The minimum atomic E-state index is -0.794. The summed E-state index contributed by atoms with van der Waals surface area (Å²) in [6.07, 6.45) is 0. The van der Waals surface area contributed by atoms with Crippen molar-refractivity contribution in [3.05, 3.63) is 34.3 Å². The fraction of sp³-hybridized carbons (Fsp3) is 0.250. The van der Waals surface area contributed by atoms with Crippen molar-refractivity contribution in [2.24, 2.45) is 5.73 Å². The molecule has 0 bridgehead atoms. The molecule has 2 amide bonds. The van der Waals surface area contributed by atoms with E-state index in [4.69, 9.17) is 17.3 Å². The number of carbonyl (C=O) groups excluding carboxylic acids is 3. The van der Waals surface area contributed by atoms with Gasteiger partial charge in [-0.3, -0.25) is 14.4 Å². The molecule has 0 heterocycles. The molecule has 1 aromatic rings. The molecule has 18 heavy (non-hydrogen) atoms. The van der Waals surface area contributed by atoms with Crippen molar-refractivity contribution in [2.75, 3.05) is 0 Å². The largest absolute Gasteiger partial charge is 0.368 e. The number of ketones is 1. The highest BCUT2D eigenvalue weighted by Gasteiger charge is 2.15. The Hall–Kier alpha value is -1.88. The Balaban J connectivity index is 2.99. The molecule has 0 aliphatic heterocycles. The Bertz CT molecular complexity index is 514. The van der Waals surface area contributed by atoms with E-state index in [0.29, 0.717) is 5.56 Å². The van der Waals surface area contributed by atoms with Crippen molar-refractivity contribution in [3.8, 4) is 0 Å². The predicted molar refractivity (Wildman–Crippen MR) is 67.6 cm³/mol. The number of halogens is 1. The van der Waals surface area contributed by atoms with E-state index in [1.165, 1.54) is 32.0 Å². The van der Waals surface area contributed by atoms with E-state index in [1.807, 2.05) is 0 Å². The summed E-state index contributed by atoms with van der Waals surface area (Å²) in [4.78, 5) is 33.9. The third-order valence-corrected chi connectivity index (χ3v) is 2.56. The summed E-state index contributed by atoms with van der Waals surface area (Å²) >= 11 is 5.81. The van der Waals surface area contributed by atoms with Gasteiger partial charge in [-0.25, -0.2) is 0 Å². The van der Waals surface area contributed by atoms with Crippen LogP contribution in [0.4, 0.5) is 0 Å². The zero-order chi connectivity index (χ0) is 13.9. The monoisotopic (exact) mass is 268 g/mol. The second kappa shape index (κ2) is 5.64. The average Bonchev–Trinajstić information content (AvgIpc) is 2.27. The lowest BCUT2D eigenvalue weighted by molar-refractivity contribution is -0.119. The Morgan fingerprint density at radius 2 is 1.78 bits per heavy atom. The molecule has 0 aliphatic carbocycles. The molecule has 1 atom stereocenters. The molecule has 96 valence electrons. The minimum Gasteiger partial charge on any atom is -0.368 e. The van der Waals surface area contributed by atoms with Crippen LogP contribution in [0.25, 0.3) is 0 Å². The molecular formula is C12H13ClN2O3. The van der Waals surface area contributed by atoms with E-state index in [-0.39, 0.29) is 16.4 Å². The van der Waals surface area contributed by atoms with Crippen LogP contribution >= 0.6 is 11.6 Å². The SMILES string of the molecule is CC(=O)c1cc(Cl)cc(C(=O)NC(C)C(N)=O)c1. The zero-order valence-electron chi connectivity index (χ0n) is 9.99. The number of amides is 2. The molecule has 0 aromatic heterocycles.